The summed E-state index contributed by atoms with van der Waals surface area (Å²) >= 11 is 6.25. The van der Waals surface area contributed by atoms with Crippen LogP contribution in [0.4, 0.5) is 4.39 Å². The summed E-state index contributed by atoms with van der Waals surface area (Å²) in [5.41, 5.74) is 1.69. The average Bonchev–Trinajstić information content (AvgIpc) is 2.39. The van der Waals surface area contributed by atoms with Crippen molar-refractivity contribution in [2.45, 2.75) is 53.0 Å². The molecular formula is C16H25ClFN. The molecule has 19 heavy (non-hydrogen) atoms. The molecule has 1 aromatic rings. The fourth-order valence-electron chi connectivity index (χ4n) is 2.51. The average molecular weight is 286 g/mol. The molecule has 1 nitrogen and oxygen atoms in total. The second-order valence-electron chi connectivity index (χ2n) is 5.13. The van der Waals surface area contributed by atoms with Crippen molar-refractivity contribution < 1.29 is 4.39 Å². The van der Waals surface area contributed by atoms with Gasteiger partial charge >= 0.3 is 0 Å². The van der Waals surface area contributed by atoms with E-state index in [2.05, 4.69) is 26.1 Å². The molecule has 0 aliphatic rings. The molecule has 0 aliphatic heterocycles. The molecule has 1 atom stereocenters. The molecule has 3 heteroatoms. The molecule has 0 aliphatic carbocycles. The first-order valence-electron chi connectivity index (χ1n) is 7.23. The van der Waals surface area contributed by atoms with Crippen LogP contribution in [-0.2, 0) is 0 Å². The Bertz CT molecular complexity index is 402. The van der Waals surface area contributed by atoms with E-state index in [1.165, 1.54) is 6.07 Å². The van der Waals surface area contributed by atoms with Gasteiger partial charge in [-0.15, -0.1) is 0 Å². The van der Waals surface area contributed by atoms with Gasteiger partial charge in [0.1, 0.15) is 5.82 Å². The van der Waals surface area contributed by atoms with Crippen LogP contribution in [0.15, 0.2) is 12.1 Å². The van der Waals surface area contributed by atoms with Crippen LogP contribution < -0.4 is 5.32 Å². The molecule has 108 valence electrons. The summed E-state index contributed by atoms with van der Waals surface area (Å²) in [5, 5.41) is 4.10. The first-order chi connectivity index (χ1) is 9.04. The minimum Gasteiger partial charge on any atom is -0.310 e. The van der Waals surface area contributed by atoms with Crippen molar-refractivity contribution in [3.05, 3.63) is 34.1 Å². The van der Waals surface area contributed by atoms with Crippen LogP contribution >= 0.6 is 11.6 Å². The lowest BCUT2D eigenvalue weighted by Gasteiger charge is -2.28. The van der Waals surface area contributed by atoms with Gasteiger partial charge in [-0.3, -0.25) is 0 Å². The Morgan fingerprint density at radius 3 is 2.37 bits per heavy atom. The lowest BCUT2D eigenvalue weighted by molar-refractivity contribution is 0.341. The van der Waals surface area contributed by atoms with E-state index in [0.717, 1.165) is 31.4 Å². The highest BCUT2D eigenvalue weighted by atomic mass is 35.5. The standard InChI is InChI=1S/C16H25ClFN/c1-5-8-19-16(12(6-2)7-3)13-9-11(4)15(18)10-14(13)17/h9-10,12,16,19H,5-8H2,1-4H3. The summed E-state index contributed by atoms with van der Waals surface area (Å²) in [6.07, 6.45) is 3.25. The highest BCUT2D eigenvalue weighted by Crippen LogP contribution is 2.33. The Labute approximate surface area is 121 Å². The normalized spacial score (nSPS) is 13.0. The summed E-state index contributed by atoms with van der Waals surface area (Å²) < 4.78 is 13.5. The molecule has 0 amide bonds. The summed E-state index contributed by atoms with van der Waals surface area (Å²) in [5.74, 6) is 0.293. The molecule has 1 rings (SSSR count). The van der Waals surface area contributed by atoms with E-state index in [-0.39, 0.29) is 11.9 Å². The van der Waals surface area contributed by atoms with Crippen molar-refractivity contribution in [3.63, 3.8) is 0 Å². The van der Waals surface area contributed by atoms with Gasteiger partial charge in [-0.1, -0.05) is 51.3 Å². The molecule has 1 aromatic carbocycles. The maximum atomic E-state index is 13.5. The zero-order valence-corrected chi connectivity index (χ0v) is 13.1. The van der Waals surface area contributed by atoms with Crippen LogP contribution in [0.5, 0.6) is 0 Å². The molecule has 0 bridgehead atoms. The zero-order chi connectivity index (χ0) is 14.4. The lowest BCUT2D eigenvalue weighted by Crippen LogP contribution is -2.29. The van der Waals surface area contributed by atoms with Crippen LogP contribution in [-0.4, -0.2) is 6.54 Å². The second kappa shape index (κ2) is 7.86. The van der Waals surface area contributed by atoms with Crippen LogP contribution in [0.25, 0.3) is 0 Å². The highest BCUT2D eigenvalue weighted by molar-refractivity contribution is 6.31. The Morgan fingerprint density at radius 1 is 1.21 bits per heavy atom. The third-order valence-electron chi connectivity index (χ3n) is 3.75. The maximum absolute atomic E-state index is 13.5. The van der Waals surface area contributed by atoms with Crippen molar-refractivity contribution in [1.29, 1.82) is 0 Å². The number of benzene rings is 1. The van der Waals surface area contributed by atoms with Gasteiger partial charge in [0.15, 0.2) is 0 Å². The van der Waals surface area contributed by atoms with E-state index in [9.17, 15) is 4.39 Å². The van der Waals surface area contributed by atoms with Crippen molar-refractivity contribution in [2.75, 3.05) is 6.54 Å². The molecule has 0 fully saturated rings. The molecule has 0 radical (unpaired) electrons. The van der Waals surface area contributed by atoms with Crippen LogP contribution in [0.3, 0.4) is 0 Å². The molecule has 0 saturated carbocycles. The zero-order valence-electron chi connectivity index (χ0n) is 12.4. The van der Waals surface area contributed by atoms with Crippen LogP contribution in [0.2, 0.25) is 5.02 Å². The second-order valence-corrected chi connectivity index (χ2v) is 5.54. The fraction of sp³-hybridized carbons (Fsp3) is 0.625. The van der Waals surface area contributed by atoms with Gasteiger partial charge < -0.3 is 5.32 Å². The van der Waals surface area contributed by atoms with E-state index >= 15 is 0 Å². The van der Waals surface area contributed by atoms with Gasteiger partial charge in [0.25, 0.3) is 0 Å². The van der Waals surface area contributed by atoms with Gasteiger partial charge in [-0.25, -0.2) is 4.39 Å². The quantitative estimate of drug-likeness (QED) is 0.720. The molecule has 1 N–H and O–H groups in total. The van der Waals surface area contributed by atoms with E-state index in [4.69, 9.17) is 11.6 Å². The Hall–Kier alpha value is -0.600. The van der Waals surface area contributed by atoms with E-state index < -0.39 is 0 Å². The molecule has 1 unspecified atom stereocenters. The van der Waals surface area contributed by atoms with Gasteiger partial charge in [0.2, 0.25) is 0 Å². The number of aryl methyl sites for hydroxylation is 1. The smallest absolute Gasteiger partial charge is 0.127 e. The Kier molecular flexibility index (Phi) is 6.81. The molecule has 0 spiro atoms. The summed E-state index contributed by atoms with van der Waals surface area (Å²) in [6.45, 7) is 9.28. The maximum Gasteiger partial charge on any atom is 0.127 e. The minimum atomic E-state index is -0.229. The summed E-state index contributed by atoms with van der Waals surface area (Å²) in [6, 6.07) is 3.54. The van der Waals surface area contributed by atoms with E-state index in [1.54, 1.807) is 6.92 Å². The van der Waals surface area contributed by atoms with Crippen molar-refractivity contribution >= 4 is 11.6 Å². The summed E-state index contributed by atoms with van der Waals surface area (Å²) in [4.78, 5) is 0. The minimum absolute atomic E-state index is 0.210. The number of halogens is 2. The Morgan fingerprint density at radius 2 is 1.84 bits per heavy atom. The highest BCUT2D eigenvalue weighted by Gasteiger charge is 2.22. The van der Waals surface area contributed by atoms with Gasteiger partial charge in [-0.2, -0.15) is 0 Å². The van der Waals surface area contributed by atoms with E-state index in [1.807, 2.05) is 6.07 Å². The molecule has 0 aromatic heterocycles. The van der Waals surface area contributed by atoms with Crippen molar-refractivity contribution in [3.8, 4) is 0 Å². The van der Waals surface area contributed by atoms with Crippen LogP contribution in [0.1, 0.15) is 57.2 Å². The van der Waals surface area contributed by atoms with E-state index in [0.29, 0.717) is 16.5 Å². The first kappa shape index (κ1) is 16.5. The van der Waals surface area contributed by atoms with Crippen LogP contribution in [0, 0.1) is 18.7 Å². The fourth-order valence-corrected chi connectivity index (χ4v) is 2.78. The van der Waals surface area contributed by atoms with Gasteiger partial charge in [-0.05, 0) is 43.0 Å². The predicted octanol–water partition coefficient (Wildman–Crippen LogP) is 5.26. The predicted molar refractivity (Wildman–Crippen MR) is 81.3 cm³/mol. The number of hydrogen-bond acceptors (Lipinski definition) is 1. The Balaban J connectivity index is 3.12. The number of rotatable bonds is 7. The van der Waals surface area contributed by atoms with Crippen molar-refractivity contribution in [2.24, 2.45) is 5.92 Å². The number of hydrogen-bond donors (Lipinski definition) is 1. The monoisotopic (exact) mass is 285 g/mol. The molecule has 0 heterocycles. The van der Waals surface area contributed by atoms with Gasteiger partial charge in [0, 0.05) is 11.1 Å². The third kappa shape index (κ3) is 4.19. The van der Waals surface area contributed by atoms with Crippen molar-refractivity contribution in [1.82, 2.24) is 5.32 Å². The lowest BCUT2D eigenvalue weighted by atomic mass is 9.88. The largest absolute Gasteiger partial charge is 0.310 e. The molecule has 0 saturated heterocycles. The third-order valence-corrected chi connectivity index (χ3v) is 4.07. The molecular weight excluding hydrogens is 261 g/mol. The SMILES string of the molecule is CCCNC(c1cc(C)c(F)cc1Cl)C(CC)CC. The number of nitrogens with one attached hydrogen (secondary N) is 1. The van der Waals surface area contributed by atoms with Gasteiger partial charge in [0.05, 0.1) is 0 Å². The first-order valence-corrected chi connectivity index (χ1v) is 7.61. The summed E-state index contributed by atoms with van der Waals surface area (Å²) in [7, 11) is 0. The topological polar surface area (TPSA) is 12.0 Å².